The van der Waals surface area contributed by atoms with Crippen LogP contribution >= 0.6 is 11.8 Å². The number of pyridine rings is 1. The molecule has 1 atom stereocenters. The second-order valence-electron chi connectivity index (χ2n) is 3.81. The van der Waals surface area contributed by atoms with E-state index in [-0.39, 0.29) is 0 Å². The lowest BCUT2D eigenvalue weighted by atomic mass is 10.1. The molecule has 5 heteroatoms. The van der Waals surface area contributed by atoms with Crippen molar-refractivity contribution in [2.24, 2.45) is 0 Å². The summed E-state index contributed by atoms with van der Waals surface area (Å²) < 4.78 is 5.37. The molecule has 90 valence electrons. The van der Waals surface area contributed by atoms with Gasteiger partial charge in [0.2, 0.25) is 5.44 Å². The zero-order valence-electron chi connectivity index (χ0n) is 9.24. The largest absolute Gasteiger partial charge is 0.478 e. The molecule has 1 aromatic heterocycles. The minimum Gasteiger partial charge on any atom is -0.478 e. The highest BCUT2D eigenvalue weighted by Crippen LogP contribution is 2.42. The number of benzene rings is 1. The maximum absolute atomic E-state index is 10.9. The minimum atomic E-state index is -0.959. The fourth-order valence-electron chi connectivity index (χ4n) is 1.77. The zero-order chi connectivity index (χ0) is 12.5. The SMILES string of the molecule is O=C(O)C1Oc2cc(-c3cccnc3)ccc2S1. The molecule has 0 aliphatic carbocycles. The number of rotatable bonds is 2. The molecule has 1 N–H and O–H groups in total. The van der Waals surface area contributed by atoms with Gasteiger partial charge in [0.05, 0.1) is 4.90 Å². The molecule has 2 aromatic rings. The van der Waals surface area contributed by atoms with E-state index in [9.17, 15) is 4.79 Å². The molecule has 0 amide bonds. The summed E-state index contributed by atoms with van der Waals surface area (Å²) in [5.41, 5.74) is 1.10. The Morgan fingerprint density at radius 1 is 1.33 bits per heavy atom. The number of aliphatic carboxylic acids is 1. The summed E-state index contributed by atoms with van der Waals surface area (Å²) in [6.07, 6.45) is 3.47. The van der Waals surface area contributed by atoms with Gasteiger partial charge in [-0.3, -0.25) is 4.98 Å². The van der Waals surface area contributed by atoms with Gasteiger partial charge < -0.3 is 9.84 Å². The van der Waals surface area contributed by atoms with E-state index in [1.807, 2.05) is 30.3 Å². The Morgan fingerprint density at radius 2 is 2.22 bits per heavy atom. The van der Waals surface area contributed by atoms with Gasteiger partial charge in [0, 0.05) is 18.0 Å². The average molecular weight is 259 g/mol. The first-order valence-electron chi connectivity index (χ1n) is 5.34. The Labute approximate surface area is 108 Å². The van der Waals surface area contributed by atoms with E-state index >= 15 is 0 Å². The van der Waals surface area contributed by atoms with E-state index in [0.717, 1.165) is 16.0 Å². The molecule has 1 aromatic carbocycles. The molecule has 3 rings (SSSR count). The molecule has 0 spiro atoms. The number of hydrogen-bond donors (Lipinski definition) is 1. The number of aromatic nitrogens is 1. The fourth-order valence-corrected chi connectivity index (χ4v) is 2.62. The highest BCUT2D eigenvalue weighted by molar-refractivity contribution is 8.00. The highest BCUT2D eigenvalue weighted by atomic mass is 32.2. The lowest BCUT2D eigenvalue weighted by Gasteiger charge is -2.04. The molecule has 4 nitrogen and oxygen atoms in total. The number of carbonyl (C=O) groups is 1. The molecule has 0 saturated carbocycles. The number of carboxylic acids is 1. The number of fused-ring (bicyclic) bond motifs is 1. The first-order chi connectivity index (χ1) is 8.74. The summed E-state index contributed by atoms with van der Waals surface area (Å²) in [5.74, 6) is -0.340. The molecule has 0 fully saturated rings. The van der Waals surface area contributed by atoms with Crippen LogP contribution in [0.15, 0.2) is 47.6 Å². The van der Waals surface area contributed by atoms with E-state index in [1.54, 1.807) is 12.4 Å². The fraction of sp³-hybridized carbons (Fsp3) is 0.0769. The van der Waals surface area contributed by atoms with Gasteiger partial charge >= 0.3 is 5.97 Å². The first kappa shape index (κ1) is 11.1. The number of ether oxygens (including phenoxy) is 1. The summed E-state index contributed by atoms with van der Waals surface area (Å²) in [5, 5.41) is 8.92. The molecular formula is C13H9NO3S. The Morgan fingerprint density at radius 3 is 2.94 bits per heavy atom. The Kier molecular flexibility index (Phi) is 2.68. The lowest BCUT2D eigenvalue weighted by Crippen LogP contribution is -2.19. The average Bonchev–Trinajstić information content (AvgIpc) is 2.82. The summed E-state index contributed by atoms with van der Waals surface area (Å²) in [7, 11) is 0. The third-order valence-corrected chi connectivity index (χ3v) is 3.71. The van der Waals surface area contributed by atoms with Crippen molar-refractivity contribution in [3.63, 3.8) is 0 Å². The number of nitrogens with zero attached hydrogens (tertiary/aromatic N) is 1. The van der Waals surface area contributed by atoms with Gasteiger partial charge in [-0.15, -0.1) is 0 Å². The lowest BCUT2D eigenvalue weighted by molar-refractivity contribution is -0.140. The quantitative estimate of drug-likeness (QED) is 0.898. The molecule has 18 heavy (non-hydrogen) atoms. The third kappa shape index (κ3) is 1.93. The van der Waals surface area contributed by atoms with Gasteiger partial charge in [0.25, 0.3) is 0 Å². The normalized spacial score (nSPS) is 17.0. The van der Waals surface area contributed by atoms with Crippen molar-refractivity contribution in [3.05, 3.63) is 42.7 Å². The van der Waals surface area contributed by atoms with E-state index in [1.165, 1.54) is 11.8 Å². The molecule has 1 unspecified atom stereocenters. The van der Waals surface area contributed by atoms with Crippen molar-refractivity contribution in [1.29, 1.82) is 0 Å². The van der Waals surface area contributed by atoms with Crippen LogP contribution in [0.4, 0.5) is 0 Å². The molecule has 0 radical (unpaired) electrons. The van der Waals surface area contributed by atoms with Crippen LogP contribution in [-0.4, -0.2) is 21.5 Å². The number of thioether (sulfide) groups is 1. The van der Waals surface area contributed by atoms with Gasteiger partial charge in [-0.05, 0) is 23.8 Å². The number of hydrogen-bond acceptors (Lipinski definition) is 4. The Bertz CT molecular complexity index is 600. The maximum Gasteiger partial charge on any atom is 0.356 e. The molecule has 1 aliphatic heterocycles. The van der Waals surface area contributed by atoms with Crippen LogP contribution in [0, 0.1) is 0 Å². The van der Waals surface area contributed by atoms with Gasteiger partial charge in [0.15, 0.2) is 0 Å². The number of carboxylic acid groups (broad SMARTS) is 1. The first-order valence-corrected chi connectivity index (χ1v) is 6.22. The topological polar surface area (TPSA) is 59.4 Å². The van der Waals surface area contributed by atoms with Gasteiger partial charge in [-0.2, -0.15) is 0 Å². The van der Waals surface area contributed by atoms with Crippen molar-refractivity contribution in [1.82, 2.24) is 4.98 Å². The van der Waals surface area contributed by atoms with Crippen LogP contribution in [0.5, 0.6) is 5.75 Å². The Balaban J connectivity index is 1.95. The van der Waals surface area contributed by atoms with Crippen LogP contribution in [0.2, 0.25) is 0 Å². The van der Waals surface area contributed by atoms with Crippen LogP contribution in [0.25, 0.3) is 11.1 Å². The molecular weight excluding hydrogens is 250 g/mol. The molecule has 0 bridgehead atoms. The monoisotopic (exact) mass is 259 g/mol. The Hall–Kier alpha value is -2.01. The van der Waals surface area contributed by atoms with Crippen molar-refractivity contribution in [2.45, 2.75) is 10.3 Å². The maximum atomic E-state index is 10.9. The molecule has 2 heterocycles. The summed E-state index contributed by atoms with van der Waals surface area (Å²) in [6, 6.07) is 9.48. The van der Waals surface area contributed by atoms with Crippen molar-refractivity contribution in [3.8, 4) is 16.9 Å². The predicted molar refractivity (Wildman–Crippen MR) is 67.6 cm³/mol. The summed E-state index contributed by atoms with van der Waals surface area (Å²) in [4.78, 5) is 15.8. The van der Waals surface area contributed by atoms with Crippen molar-refractivity contribution < 1.29 is 14.6 Å². The van der Waals surface area contributed by atoms with Crippen molar-refractivity contribution in [2.75, 3.05) is 0 Å². The third-order valence-electron chi connectivity index (χ3n) is 2.61. The zero-order valence-corrected chi connectivity index (χ0v) is 10.1. The van der Waals surface area contributed by atoms with Gasteiger partial charge in [-0.25, -0.2) is 4.79 Å². The second-order valence-corrected chi connectivity index (χ2v) is 4.91. The van der Waals surface area contributed by atoms with E-state index in [2.05, 4.69) is 4.98 Å². The van der Waals surface area contributed by atoms with E-state index in [4.69, 9.17) is 9.84 Å². The van der Waals surface area contributed by atoms with Crippen LogP contribution in [0.1, 0.15) is 0 Å². The molecule has 1 aliphatic rings. The van der Waals surface area contributed by atoms with Gasteiger partial charge in [-0.1, -0.05) is 23.9 Å². The van der Waals surface area contributed by atoms with Crippen LogP contribution in [0.3, 0.4) is 0 Å². The summed E-state index contributed by atoms with van der Waals surface area (Å²) >= 11 is 1.21. The van der Waals surface area contributed by atoms with Crippen molar-refractivity contribution >= 4 is 17.7 Å². The van der Waals surface area contributed by atoms with Crippen LogP contribution in [-0.2, 0) is 4.79 Å². The van der Waals surface area contributed by atoms with Crippen LogP contribution < -0.4 is 4.74 Å². The minimum absolute atomic E-state index is 0.619. The second kappa shape index (κ2) is 4.34. The van der Waals surface area contributed by atoms with E-state index < -0.39 is 11.4 Å². The predicted octanol–water partition coefficient (Wildman–Crippen LogP) is 2.64. The smallest absolute Gasteiger partial charge is 0.356 e. The van der Waals surface area contributed by atoms with E-state index in [0.29, 0.717) is 5.75 Å². The highest BCUT2D eigenvalue weighted by Gasteiger charge is 2.29. The standard InChI is InChI=1S/C13H9NO3S/c15-12(16)13-17-10-6-8(3-4-11(10)18-13)9-2-1-5-14-7-9/h1-7,13H,(H,15,16). The molecule has 0 saturated heterocycles. The summed E-state index contributed by atoms with van der Waals surface area (Å²) in [6.45, 7) is 0. The van der Waals surface area contributed by atoms with Gasteiger partial charge in [0.1, 0.15) is 5.75 Å².